The van der Waals surface area contributed by atoms with Crippen LogP contribution < -0.4 is 10.5 Å². The molecule has 0 radical (unpaired) electrons. The molecule has 3 nitrogen and oxygen atoms in total. The number of pyridine rings is 1. The van der Waals surface area contributed by atoms with E-state index in [2.05, 4.69) is 18.0 Å². The van der Waals surface area contributed by atoms with Gasteiger partial charge >= 0.3 is 0 Å². The van der Waals surface area contributed by atoms with Crippen molar-refractivity contribution in [2.45, 2.75) is 26.2 Å². The number of nitrogens with two attached hydrogens (primary N) is 1. The largest absolute Gasteiger partial charge is 0.481 e. The third kappa shape index (κ3) is 1.95. The third-order valence-electron chi connectivity index (χ3n) is 3.87. The zero-order valence-electron chi connectivity index (χ0n) is 11.4. The highest BCUT2D eigenvalue weighted by atomic mass is 16.5. The van der Waals surface area contributed by atoms with Crippen LogP contribution >= 0.6 is 0 Å². The summed E-state index contributed by atoms with van der Waals surface area (Å²) in [5, 5.41) is 0. The Morgan fingerprint density at radius 3 is 2.89 bits per heavy atom. The molecule has 1 aliphatic rings. The maximum Gasteiger partial charge on any atom is 0.213 e. The van der Waals surface area contributed by atoms with Gasteiger partial charge in [0.25, 0.3) is 0 Å². The van der Waals surface area contributed by atoms with Gasteiger partial charge in [0.15, 0.2) is 0 Å². The molecule has 1 aromatic heterocycles. The lowest BCUT2D eigenvalue weighted by Gasteiger charge is -2.15. The molecule has 98 valence electrons. The van der Waals surface area contributed by atoms with Crippen LogP contribution in [-0.2, 0) is 12.8 Å². The lowest BCUT2D eigenvalue weighted by atomic mass is 9.93. The summed E-state index contributed by atoms with van der Waals surface area (Å²) in [4.78, 5) is 4.15. The standard InChI is InChI=1S/C16H18N2O/c1-10-8-11-4-3-5-13(11)16(17)15(10)12-6-7-18-14(9-12)19-2/h6-9H,3-5,17H2,1-2H3. The van der Waals surface area contributed by atoms with Crippen LogP contribution in [0.25, 0.3) is 11.1 Å². The van der Waals surface area contributed by atoms with E-state index in [1.807, 2.05) is 12.1 Å². The Morgan fingerprint density at radius 1 is 1.26 bits per heavy atom. The Bertz CT molecular complexity index is 635. The van der Waals surface area contributed by atoms with Crippen molar-refractivity contribution < 1.29 is 4.74 Å². The summed E-state index contributed by atoms with van der Waals surface area (Å²) >= 11 is 0. The molecule has 2 aromatic rings. The van der Waals surface area contributed by atoms with E-state index in [0.717, 1.165) is 29.7 Å². The van der Waals surface area contributed by atoms with Crippen LogP contribution in [0.3, 0.4) is 0 Å². The van der Waals surface area contributed by atoms with E-state index in [1.54, 1.807) is 13.3 Å². The Balaban J connectivity index is 2.19. The molecule has 19 heavy (non-hydrogen) atoms. The van der Waals surface area contributed by atoms with Gasteiger partial charge < -0.3 is 10.5 Å². The molecule has 3 heteroatoms. The number of aromatic nitrogens is 1. The second kappa shape index (κ2) is 4.57. The number of benzene rings is 1. The van der Waals surface area contributed by atoms with E-state index in [0.29, 0.717) is 5.88 Å². The number of rotatable bonds is 2. The summed E-state index contributed by atoms with van der Waals surface area (Å²) in [6, 6.07) is 6.21. The molecule has 0 saturated heterocycles. The monoisotopic (exact) mass is 254 g/mol. The molecule has 0 fully saturated rings. The molecular formula is C16H18N2O. The van der Waals surface area contributed by atoms with Crippen molar-refractivity contribution in [1.82, 2.24) is 4.98 Å². The topological polar surface area (TPSA) is 48.1 Å². The zero-order chi connectivity index (χ0) is 13.4. The van der Waals surface area contributed by atoms with Gasteiger partial charge in [-0.05, 0) is 54.5 Å². The van der Waals surface area contributed by atoms with Crippen molar-refractivity contribution in [3.63, 3.8) is 0 Å². The predicted molar refractivity (Wildman–Crippen MR) is 77.4 cm³/mol. The first-order valence-electron chi connectivity index (χ1n) is 6.62. The normalized spacial score (nSPS) is 13.4. The maximum atomic E-state index is 6.40. The molecule has 0 atom stereocenters. The number of nitrogens with zero attached hydrogens (tertiary/aromatic N) is 1. The van der Waals surface area contributed by atoms with Crippen LogP contribution in [0.15, 0.2) is 24.4 Å². The molecule has 0 saturated carbocycles. The SMILES string of the molecule is COc1cc(-c2c(C)cc3c(c2N)CCC3)ccn1. The van der Waals surface area contributed by atoms with Gasteiger partial charge in [0.05, 0.1) is 7.11 Å². The van der Waals surface area contributed by atoms with E-state index >= 15 is 0 Å². The molecule has 0 bridgehead atoms. The second-order valence-corrected chi connectivity index (χ2v) is 5.06. The Labute approximate surface area is 113 Å². The van der Waals surface area contributed by atoms with Gasteiger partial charge in [0.1, 0.15) is 0 Å². The average molecular weight is 254 g/mol. The van der Waals surface area contributed by atoms with Crippen LogP contribution in [0.1, 0.15) is 23.1 Å². The van der Waals surface area contributed by atoms with Crippen LogP contribution in [0, 0.1) is 6.92 Å². The molecular weight excluding hydrogens is 236 g/mol. The number of aryl methyl sites for hydroxylation is 2. The van der Waals surface area contributed by atoms with E-state index in [-0.39, 0.29) is 0 Å². The fourth-order valence-electron chi connectivity index (χ4n) is 2.99. The van der Waals surface area contributed by atoms with Crippen molar-refractivity contribution >= 4 is 5.69 Å². The van der Waals surface area contributed by atoms with Crippen LogP contribution in [0.2, 0.25) is 0 Å². The van der Waals surface area contributed by atoms with Gasteiger partial charge in [-0.2, -0.15) is 0 Å². The molecule has 1 heterocycles. The minimum atomic E-state index is 0.622. The summed E-state index contributed by atoms with van der Waals surface area (Å²) in [6.45, 7) is 2.12. The summed E-state index contributed by atoms with van der Waals surface area (Å²) < 4.78 is 5.20. The van der Waals surface area contributed by atoms with Gasteiger partial charge in [0.2, 0.25) is 5.88 Å². The van der Waals surface area contributed by atoms with Crippen LogP contribution in [-0.4, -0.2) is 12.1 Å². The predicted octanol–water partition coefficient (Wildman–Crippen LogP) is 3.14. The van der Waals surface area contributed by atoms with E-state index in [1.165, 1.54) is 23.1 Å². The highest BCUT2D eigenvalue weighted by molar-refractivity contribution is 5.83. The van der Waals surface area contributed by atoms with Crippen molar-refractivity contribution in [3.8, 4) is 17.0 Å². The molecule has 1 aliphatic carbocycles. The second-order valence-electron chi connectivity index (χ2n) is 5.06. The highest BCUT2D eigenvalue weighted by Crippen LogP contribution is 2.38. The third-order valence-corrected chi connectivity index (χ3v) is 3.87. The average Bonchev–Trinajstić information content (AvgIpc) is 2.87. The summed E-state index contributed by atoms with van der Waals surface area (Å²) in [7, 11) is 1.63. The molecule has 0 aliphatic heterocycles. The fourth-order valence-corrected chi connectivity index (χ4v) is 2.99. The summed E-state index contributed by atoms with van der Waals surface area (Å²) in [6.07, 6.45) is 5.22. The minimum Gasteiger partial charge on any atom is -0.481 e. The van der Waals surface area contributed by atoms with Crippen LogP contribution in [0.4, 0.5) is 5.69 Å². The summed E-state index contributed by atoms with van der Waals surface area (Å²) in [5.74, 6) is 0.622. The molecule has 2 N–H and O–H groups in total. The number of anilines is 1. The number of ether oxygens (including phenoxy) is 1. The van der Waals surface area contributed by atoms with Crippen molar-refractivity contribution in [2.24, 2.45) is 0 Å². The Kier molecular flexibility index (Phi) is 2.90. The number of methoxy groups -OCH3 is 1. The van der Waals surface area contributed by atoms with Gasteiger partial charge in [-0.1, -0.05) is 6.07 Å². The lowest BCUT2D eigenvalue weighted by molar-refractivity contribution is 0.398. The van der Waals surface area contributed by atoms with Crippen molar-refractivity contribution in [1.29, 1.82) is 0 Å². The first kappa shape index (κ1) is 12.0. The van der Waals surface area contributed by atoms with Crippen molar-refractivity contribution in [2.75, 3.05) is 12.8 Å². The van der Waals surface area contributed by atoms with Crippen LogP contribution in [0.5, 0.6) is 5.88 Å². The number of fused-ring (bicyclic) bond motifs is 1. The fraction of sp³-hybridized carbons (Fsp3) is 0.312. The van der Waals surface area contributed by atoms with E-state index in [9.17, 15) is 0 Å². The van der Waals surface area contributed by atoms with E-state index in [4.69, 9.17) is 10.5 Å². The van der Waals surface area contributed by atoms with Crippen molar-refractivity contribution in [3.05, 3.63) is 41.1 Å². The maximum absolute atomic E-state index is 6.40. The van der Waals surface area contributed by atoms with Gasteiger partial charge in [-0.15, -0.1) is 0 Å². The number of hydrogen-bond donors (Lipinski definition) is 1. The molecule has 3 rings (SSSR count). The molecule has 1 aromatic carbocycles. The minimum absolute atomic E-state index is 0.622. The highest BCUT2D eigenvalue weighted by Gasteiger charge is 2.19. The first-order chi connectivity index (χ1) is 9.20. The van der Waals surface area contributed by atoms with Gasteiger partial charge in [-0.3, -0.25) is 0 Å². The van der Waals surface area contributed by atoms with E-state index < -0.39 is 0 Å². The first-order valence-corrected chi connectivity index (χ1v) is 6.62. The zero-order valence-corrected chi connectivity index (χ0v) is 11.4. The molecule has 0 unspecified atom stereocenters. The van der Waals surface area contributed by atoms with Gasteiger partial charge in [0, 0.05) is 23.5 Å². The number of nitrogen functional groups attached to an aromatic ring is 1. The number of hydrogen-bond acceptors (Lipinski definition) is 3. The summed E-state index contributed by atoms with van der Waals surface area (Å²) in [5.41, 5.74) is 13.5. The smallest absolute Gasteiger partial charge is 0.213 e. The quantitative estimate of drug-likeness (QED) is 0.837. The Hall–Kier alpha value is -2.03. The molecule has 0 spiro atoms. The lowest BCUT2D eigenvalue weighted by Crippen LogP contribution is -2.00. The molecule has 0 amide bonds. The van der Waals surface area contributed by atoms with Gasteiger partial charge in [-0.25, -0.2) is 4.98 Å². The Morgan fingerprint density at radius 2 is 2.11 bits per heavy atom.